The number of rotatable bonds is 8. The molecule has 0 heterocycles. The Hall–Kier alpha value is -1.41. The molecule has 0 amide bonds. The van der Waals surface area contributed by atoms with E-state index in [1.54, 1.807) is 6.92 Å². The summed E-state index contributed by atoms with van der Waals surface area (Å²) in [6.07, 6.45) is 0.0897. The predicted octanol–water partition coefficient (Wildman–Crippen LogP) is 1.83. The summed E-state index contributed by atoms with van der Waals surface area (Å²) in [6, 6.07) is 0. The number of carbonyl (C=O) groups excluding carboxylic acids is 2. The van der Waals surface area contributed by atoms with Crippen molar-refractivity contribution in [3.63, 3.8) is 0 Å². The van der Waals surface area contributed by atoms with Gasteiger partial charge in [-0.1, -0.05) is 19.9 Å². The van der Waals surface area contributed by atoms with E-state index in [1.807, 2.05) is 0 Å². The number of ether oxygens (including phenoxy) is 2. The second-order valence-electron chi connectivity index (χ2n) is 5.17. The van der Waals surface area contributed by atoms with Gasteiger partial charge in [-0.05, 0) is 13.3 Å². The monoisotopic (exact) mass is 322 g/mol. The van der Waals surface area contributed by atoms with Crippen molar-refractivity contribution in [1.82, 2.24) is 0 Å². The lowest BCUT2D eigenvalue weighted by molar-refractivity contribution is -0.213. The first-order valence-corrected chi connectivity index (χ1v) is 7.96. The van der Waals surface area contributed by atoms with Gasteiger partial charge in [0.1, 0.15) is 0 Å². The van der Waals surface area contributed by atoms with Crippen LogP contribution in [-0.2, 0) is 29.2 Å². The van der Waals surface area contributed by atoms with Crippen LogP contribution in [0.15, 0.2) is 12.2 Å². The van der Waals surface area contributed by atoms with Crippen molar-refractivity contribution in [3.8, 4) is 0 Å². The molecule has 0 spiro atoms. The average Bonchev–Trinajstić information content (AvgIpc) is 2.25. The maximum absolute atomic E-state index is 11.7. The summed E-state index contributed by atoms with van der Waals surface area (Å²) in [7, 11) is -4.34. The molecule has 0 rings (SSSR count). The molecule has 0 aromatic rings. The highest BCUT2D eigenvalue weighted by molar-refractivity contribution is 7.86. The van der Waals surface area contributed by atoms with Crippen molar-refractivity contribution in [3.05, 3.63) is 12.2 Å². The van der Waals surface area contributed by atoms with E-state index in [-0.39, 0.29) is 12.0 Å². The third-order valence-electron chi connectivity index (χ3n) is 2.47. The van der Waals surface area contributed by atoms with Crippen LogP contribution < -0.4 is 0 Å². The first-order valence-electron chi connectivity index (χ1n) is 6.46. The molecule has 7 nitrogen and oxygen atoms in total. The molecule has 0 radical (unpaired) electrons. The molecule has 1 N–H and O–H groups in total. The van der Waals surface area contributed by atoms with Crippen LogP contribution >= 0.6 is 0 Å². The molecule has 0 fully saturated rings. The summed E-state index contributed by atoms with van der Waals surface area (Å²) in [6.45, 7) is 9.24. The quantitative estimate of drug-likeness (QED) is 0.314. The van der Waals surface area contributed by atoms with Gasteiger partial charge in [0.2, 0.25) is 0 Å². The van der Waals surface area contributed by atoms with Crippen molar-refractivity contribution < 1.29 is 32.0 Å². The Morgan fingerprint density at radius 2 is 1.81 bits per heavy atom. The summed E-state index contributed by atoms with van der Waals surface area (Å²) in [4.78, 5) is 23.1. The lowest BCUT2D eigenvalue weighted by atomic mass is 10.2. The average molecular weight is 322 g/mol. The molecule has 0 saturated heterocycles. The van der Waals surface area contributed by atoms with E-state index in [1.165, 1.54) is 20.8 Å². The highest BCUT2D eigenvalue weighted by Crippen LogP contribution is 2.18. The summed E-state index contributed by atoms with van der Waals surface area (Å²) in [5, 5.41) is -1.23. The number of esters is 2. The molecular weight excluding hydrogens is 300 g/mol. The summed E-state index contributed by atoms with van der Waals surface area (Å²) < 4.78 is 41.2. The molecule has 0 aromatic heterocycles. The van der Waals surface area contributed by atoms with E-state index in [0.29, 0.717) is 6.42 Å². The van der Waals surface area contributed by atoms with E-state index >= 15 is 0 Å². The molecule has 0 aliphatic heterocycles. The Labute approximate surface area is 125 Å². The first-order chi connectivity index (χ1) is 9.39. The predicted molar refractivity (Wildman–Crippen MR) is 75.9 cm³/mol. The fourth-order valence-corrected chi connectivity index (χ4v) is 2.39. The standard InChI is InChI=1S/C13H22O7S/c1-6-7-10(21(16,17)18)8-11(14)19-13(4,5)20-12(15)9(2)3/h10H,2,6-8H2,1,3-5H3,(H,16,17,18). The summed E-state index contributed by atoms with van der Waals surface area (Å²) in [5.74, 6) is -3.17. The van der Waals surface area contributed by atoms with E-state index in [9.17, 15) is 18.0 Å². The number of hydrogen-bond acceptors (Lipinski definition) is 6. The third kappa shape index (κ3) is 7.81. The van der Waals surface area contributed by atoms with Gasteiger partial charge in [0, 0.05) is 19.4 Å². The van der Waals surface area contributed by atoms with Gasteiger partial charge < -0.3 is 9.47 Å². The van der Waals surface area contributed by atoms with Gasteiger partial charge in [-0.15, -0.1) is 0 Å². The molecule has 21 heavy (non-hydrogen) atoms. The molecule has 0 saturated carbocycles. The smallest absolute Gasteiger partial charge is 0.336 e. The van der Waals surface area contributed by atoms with Gasteiger partial charge in [-0.2, -0.15) is 8.42 Å². The largest absolute Gasteiger partial charge is 0.423 e. The van der Waals surface area contributed by atoms with Crippen LogP contribution in [-0.4, -0.2) is 35.9 Å². The van der Waals surface area contributed by atoms with Crippen LogP contribution in [0.25, 0.3) is 0 Å². The van der Waals surface area contributed by atoms with E-state index in [2.05, 4.69) is 6.58 Å². The summed E-state index contributed by atoms with van der Waals surface area (Å²) >= 11 is 0. The molecule has 0 aromatic carbocycles. The van der Waals surface area contributed by atoms with Crippen LogP contribution in [0.5, 0.6) is 0 Å². The van der Waals surface area contributed by atoms with Gasteiger partial charge in [-0.25, -0.2) is 4.79 Å². The SMILES string of the molecule is C=C(C)C(=O)OC(C)(C)OC(=O)CC(CCC)S(=O)(=O)O. The van der Waals surface area contributed by atoms with Gasteiger partial charge in [0.25, 0.3) is 15.9 Å². The minimum Gasteiger partial charge on any atom is -0.423 e. The van der Waals surface area contributed by atoms with Crippen molar-refractivity contribution in [1.29, 1.82) is 0 Å². The Morgan fingerprint density at radius 1 is 1.29 bits per heavy atom. The fourth-order valence-electron chi connectivity index (χ4n) is 1.51. The van der Waals surface area contributed by atoms with Gasteiger partial charge >= 0.3 is 11.9 Å². The summed E-state index contributed by atoms with van der Waals surface area (Å²) in [5.41, 5.74) is 0.140. The molecular formula is C13H22O7S. The van der Waals surface area contributed by atoms with Gasteiger partial charge in [0.05, 0.1) is 11.7 Å². The third-order valence-corrected chi connectivity index (χ3v) is 3.72. The zero-order chi connectivity index (χ0) is 16.8. The maximum atomic E-state index is 11.7. The van der Waals surface area contributed by atoms with E-state index in [0.717, 1.165) is 0 Å². The molecule has 0 aliphatic carbocycles. The zero-order valence-electron chi connectivity index (χ0n) is 12.7. The first kappa shape index (κ1) is 19.6. The lowest BCUT2D eigenvalue weighted by Crippen LogP contribution is -2.36. The minimum atomic E-state index is -4.34. The second-order valence-corrected chi connectivity index (χ2v) is 6.87. The topological polar surface area (TPSA) is 107 Å². The second kappa shape index (κ2) is 7.56. The number of carbonyl (C=O) groups is 2. The van der Waals surface area contributed by atoms with Crippen molar-refractivity contribution >= 4 is 22.1 Å². The van der Waals surface area contributed by atoms with Crippen LogP contribution in [0.1, 0.15) is 47.0 Å². The van der Waals surface area contributed by atoms with E-state index < -0.39 is 39.5 Å². The molecule has 8 heteroatoms. The van der Waals surface area contributed by atoms with Crippen molar-refractivity contribution in [2.24, 2.45) is 0 Å². The molecule has 1 unspecified atom stereocenters. The Morgan fingerprint density at radius 3 is 2.19 bits per heavy atom. The Kier molecular flexibility index (Phi) is 7.05. The minimum absolute atomic E-state index is 0.125. The molecule has 0 bridgehead atoms. The molecule has 1 atom stereocenters. The van der Waals surface area contributed by atoms with Crippen LogP contribution in [0.2, 0.25) is 0 Å². The fraction of sp³-hybridized carbons (Fsp3) is 0.692. The van der Waals surface area contributed by atoms with Crippen LogP contribution in [0.3, 0.4) is 0 Å². The molecule has 122 valence electrons. The normalized spacial score (nSPS) is 13.4. The highest BCUT2D eigenvalue weighted by Gasteiger charge is 2.31. The number of hydrogen-bond donors (Lipinski definition) is 1. The van der Waals surface area contributed by atoms with Gasteiger partial charge in [0.15, 0.2) is 0 Å². The van der Waals surface area contributed by atoms with E-state index in [4.69, 9.17) is 14.0 Å². The molecule has 0 aliphatic rings. The van der Waals surface area contributed by atoms with Crippen molar-refractivity contribution in [2.45, 2.75) is 58.0 Å². The zero-order valence-corrected chi connectivity index (χ0v) is 13.5. The van der Waals surface area contributed by atoms with Gasteiger partial charge in [-0.3, -0.25) is 9.35 Å². The lowest BCUT2D eigenvalue weighted by Gasteiger charge is -2.25. The van der Waals surface area contributed by atoms with Crippen LogP contribution in [0, 0.1) is 0 Å². The van der Waals surface area contributed by atoms with Crippen molar-refractivity contribution in [2.75, 3.05) is 0 Å². The highest BCUT2D eigenvalue weighted by atomic mass is 32.2. The maximum Gasteiger partial charge on any atom is 0.336 e. The Balaban J connectivity index is 4.73. The van der Waals surface area contributed by atoms with Crippen LogP contribution in [0.4, 0.5) is 0 Å². The Bertz CT molecular complexity index is 505.